The summed E-state index contributed by atoms with van der Waals surface area (Å²) < 4.78 is 9.86. The van der Waals surface area contributed by atoms with Gasteiger partial charge in [0, 0.05) is 12.7 Å². The predicted octanol–water partition coefficient (Wildman–Crippen LogP) is 2.13. The number of nitrogens with one attached hydrogen (secondary N) is 1. The van der Waals surface area contributed by atoms with Crippen molar-refractivity contribution in [3.63, 3.8) is 0 Å². The molecule has 2 N–H and O–H groups in total. The van der Waals surface area contributed by atoms with Gasteiger partial charge in [-0.3, -0.25) is 4.79 Å². The number of amides is 1. The van der Waals surface area contributed by atoms with Crippen molar-refractivity contribution in [1.82, 2.24) is 10.5 Å². The molecule has 0 radical (unpaired) electrons. The molecule has 0 spiro atoms. The summed E-state index contributed by atoms with van der Waals surface area (Å²) in [4.78, 5) is 23.3. The first-order valence-electron chi connectivity index (χ1n) is 6.70. The van der Waals surface area contributed by atoms with Crippen LogP contribution in [0.3, 0.4) is 0 Å². The number of hydrogen-bond acceptors (Lipinski definition) is 5. The second kappa shape index (κ2) is 7.26. The summed E-state index contributed by atoms with van der Waals surface area (Å²) in [6.45, 7) is 1.41. The minimum absolute atomic E-state index is 0.183. The van der Waals surface area contributed by atoms with Crippen molar-refractivity contribution < 1.29 is 24.0 Å². The van der Waals surface area contributed by atoms with Crippen LogP contribution in [0.2, 0.25) is 5.02 Å². The largest absolute Gasteiger partial charge is 0.479 e. The van der Waals surface area contributed by atoms with Gasteiger partial charge in [0.1, 0.15) is 17.0 Å². The van der Waals surface area contributed by atoms with E-state index in [1.54, 1.807) is 31.2 Å². The van der Waals surface area contributed by atoms with Crippen molar-refractivity contribution in [2.45, 2.75) is 13.0 Å². The lowest BCUT2D eigenvalue weighted by molar-refractivity contribution is -0.148. The van der Waals surface area contributed by atoms with Crippen molar-refractivity contribution in [2.75, 3.05) is 13.7 Å². The molecule has 1 unspecified atom stereocenters. The number of aryl methyl sites for hydroxylation is 1. The maximum atomic E-state index is 12.4. The van der Waals surface area contributed by atoms with Crippen LogP contribution in [0.5, 0.6) is 0 Å². The van der Waals surface area contributed by atoms with Crippen molar-refractivity contribution in [2.24, 2.45) is 0 Å². The highest BCUT2D eigenvalue weighted by atomic mass is 35.5. The summed E-state index contributed by atoms with van der Waals surface area (Å²) in [6.07, 6.45) is -1.14. The van der Waals surface area contributed by atoms with Crippen LogP contribution in [0.4, 0.5) is 0 Å². The zero-order chi connectivity index (χ0) is 17.0. The number of halogens is 1. The minimum Gasteiger partial charge on any atom is -0.479 e. The molecule has 1 atom stereocenters. The van der Waals surface area contributed by atoms with E-state index in [2.05, 4.69) is 10.5 Å². The maximum Gasteiger partial charge on any atom is 0.334 e. The van der Waals surface area contributed by atoms with Crippen LogP contribution in [0.15, 0.2) is 28.8 Å². The van der Waals surface area contributed by atoms with Gasteiger partial charge in [0.15, 0.2) is 6.10 Å². The molecule has 2 rings (SSSR count). The summed E-state index contributed by atoms with van der Waals surface area (Å²) >= 11 is 6.13. The number of carboxylic acid groups (broad SMARTS) is 1. The van der Waals surface area contributed by atoms with Gasteiger partial charge in [-0.25, -0.2) is 4.79 Å². The van der Waals surface area contributed by atoms with E-state index in [4.69, 9.17) is 26.0 Å². The number of ether oxygens (including phenoxy) is 1. The molecule has 0 saturated carbocycles. The molecular formula is C15H15ClN2O5. The van der Waals surface area contributed by atoms with E-state index in [1.165, 1.54) is 7.11 Å². The van der Waals surface area contributed by atoms with E-state index in [1.807, 2.05) is 0 Å². The molecule has 122 valence electrons. The van der Waals surface area contributed by atoms with E-state index >= 15 is 0 Å². The Morgan fingerprint density at radius 2 is 2.13 bits per heavy atom. The van der Waals surface area contributed by atoms with Crippen LogP contribution in [0.1, 0.15) is 16.1 Å². The first kappa shape index (κ1) is 17.0. The molecule has 2 aromatic rings. The standard InChI is InChI=1S/C15H15ClN2O5/c1-8-12(14(19)17-7-11(22-2)15(20)21)13(18-23-8)9-5-3-4-6-10(9)16/h3-6,11H,7H2,1-2H3,(H,17,19)(H,20,21). The molecule has 0 aliphatic carbocycles. The summed E-state index contributed by atoms with van der Waals surface area (Å²) in [6, 6.07) is 6.91. The number of nitrogens with zero attached hydrogens (tertiary/aromatic N) is 1. The number of rotatable bonds is 6. The van der Waals surface area contributed by atoms with Crippen LogP contribution in [0.25, 0.3) is 11.3 Å². The van der Waals surface area contributed by atoms with Crippen molar-refractivity contribution in [3.05, 3.63) is 40.6 Å². The van der Waals surface area contributed by atoms with Gasteiger partial charge in [-0.2, -0.15) is 0 Å². The van der Waals surface area contributed by atoms with Gasteiger partial charge in [0.05, 0.1) is 11.6 Å². The van der Waals surface area contributed by atoms with Crippen molar-refractivity contribution >= 4 is 23.5 Å². The van der Waals surface area contributed by atoms with Crippen LogP contribution in [0, 0.1) is 6.92 Å². The fraction of sp³-hybridized carbons (Fsp3) is 0.267. The Morgan fingerprint density at radius 3 is 2.74 bits per heavy atom. The Kier molecular flexibility index (Phi) is 5.36. The fourth-order valence-corrected chi connectivity index (χ4v) is 2.25. The van der Waals surface area contributed by atoms with Gasteiger partial charge in [0.25, 0.3) is 5.91 Å². The molecule has 1 aromatic heterocycles. The van der Waals surface area contributed by atoms with Gasteiger partial charge in [-0.05, 0) is 13.0 Å². The average Bonchev–Trinajstić information content (AvgIpc) is 2.89. The summed E-state index contributed by atoms with van der Waals surface area (Å²) in [5.41, 5.74) is 1.06. The number of aromatic nitrogens is 1. The Morgan fingerprint density at radius 1 is 1.43 bits per heavy atom. The van der Waals surface area contributed by atoms with E-state index in [9.17, 15) is 9.59 Å². The minimum atomic E-state index is -1.17. The Labute approximate surface area is 137 Å². The predicted molar refractivity (Wildman–Crippen MR) is 82.5 cm³/mol. The number of methoxy groups -OCH3 is 1. The van der Waals surface area contributed by atoms with Gasteiger partial charge >= 0.3 is 5.97 Å². The van der Waals surface area contributed by atoms with E-state index < -0.39 is 18.0 Å². The lowest BCUT2D eigenvalue weighted by atomic mass is 10.1. The third-order valence-electron chi connectivity index (χ3n) is 3.23. The molecule has 0 bridgehead atoms. The van der Waals surface area contributed by atoms with Crippen LogP contribution >= 0.6 is 11.6 Å². The fourth-order valence-electron chi connectivity index (χ4n) is 2.02. The molecule has 1 aromatic carbocycles. The molecule has 23 heavy (non-hydrogen) atoms. The Bertz CT molecular complexity index is 728. The third-order valence-corrected chi connectivity index (χ3v) is 3.56. The maximum absolute atomic E-state index is 12.4. The second-order valence-corrected chi connectivity index (χ2v) is 5.12. The van der Waals surface area contributed by atoms with E-state index in [0.717, 1.165) is 0 Å². The van der Waals surface area contributed by atoms with Crippen LogP contribution < -0.4 is 5.32 Å². The molecule has 0 fully saturated rings. The van der Waals surface area contributed by atoms with Gasteiger partial charge in [0.2, 0.25) is 0 Å². The molecule has 0 aliphatic rings. The Balaban J connectivity index is 2.27. The van der Waals surface area contributed by atoms with E-state index in [-0.39, 0.29) is 12.1 Å². The molecule has 1 amide bonds. The first-order chi connectivity index (χ1) is 11.0. The molecule has 7 nitrogen and oxygen atoms in total. The quantitative estimate of drug-likeness (QED) is 0.836. The van der Waals surface area contributed by atoms with Crippen LogP contribution in [-0.4, -0.2) is 41.9 Å². The number of benzene rings is 1. The average molecular weight is 339 g/mol. The molecule has 8 heteroatoms. The third kappa shape index (κ3) is 3.69. The molecule has 0 aliphatic heterocycles. The number of carbonyl (C=O) groups excluding carboxylic acids is 1. The molecule has 1 heterocycles. The lowest BCUT2D eigenvalue weighted by Gasteiger charge is -2.11. The first-order valence-corrected chi connectivity index (χ1v) is 7.08. The smallest absolute Gasteiger partial charge is 0.334 e. The van der Waals surface area contributed by atoms with Crippen molar-refractivity contribution in [1.29, 1.82) is 0 Å². The highest BCUT2D eigenvalue weighted by Crippen LogP contribution is 2.30. The SMILES string of the molecule is COC(CNC(=O)c1c(-c2ccccc2Cl)noc1C)C(=O)O. The lowest BCUT2D eigenvalue weighted by Crippen LogP contribution is -2.38. The van der Waals surface area contributed by atoms with E-state index in [0.29, 0.717) is 22.0 Å². The van der Waals surface area contributed by atoms with Gasteiger partial charge in [-0.15, -0.1) is 0 Å². The monoisotopic (exact) mass is 338 g/mol. The normalized spacial score (nSPS) is 12.0. The summed E-state index contributed by atoms with van der Waals surface area (Å²) in [5, 5.41) is 15.7. The topological polar surface area (TPSA) is 102 Å². The number of carboxylic acids is 1. The van der Waals surface area contributed by atoms with Gasteiger partial charge in [-0.1, -0.05) is 35.0 Å². The van der Waals surface area contributed by atoms with Crippen molar-refractivity contribution in [3.8, 4) is 11.3 Å². The molecular weight excluding hydrogens is 324 g/mol. The Hall–Kier alpha value is -2.38. The zero-order valence-electron chi connectivity index (χ0n) is 12.5. The van der Waals surface area contributed by atoms with Gasteiger partial charge < -0.3 is 19.7 Å². The number of hydrogen-bond donors (Lipinski definition) is 2. The highest BCUT2D eigenvalue weighted by Gasteiger charge is 2.24. The number of aliphatic carboxylic acids is 1. The number of carbonyl (C=O) groups is 2. The summed E-state index contributed by atoms with van der Waals surface area (Å²) in [7, 11) is 1.25. The van der Waals surface area contributed by atoms with Crippen LogP contribution in [-0.2, 0) is 9.53 Å². The zero-order valence-corrected chi connectivity index (χ0v) is 13.3. The second-order valence-electron chi connectivity index (χ2n) is 4.71. The molecule has 0 saturated heterocycles. The highest BCUT2D eigenvalue weighted by molar-refractivity contribution is 6.33. The summed E-state index contributed by atoms with van der Waals surface area (Å²) in [5.74, 6) is -1.37.